The lowest BCUT2D eigenvalue weighted by Crippen LogP contribution is -3.10. The number of benzene rings is 2. The number of ether oxygens (including phenoxy) is 4. The number of Topliss-reactive ketones (excluding diaryl/α,β-unsaturated/α-hetero) is 1. The third kappa shape index (κ3) is 4.66. The second-order valence-corrected chi connectivity index (χ2v) is 7.21. The van der Waals surface area contributed by atoms with Crippen LogP contribution in [0.3, 0.4) is 0 Å². The van der Waals surface area contributed by atoms with Crippen LogP contribution in [0.4, 0.5) is 0 Å². The Hall–Kier alpha value is -3.25. The average molecular weight is 410 g/mol. The van der Waals surface area contributed by atoms with Crippen LogP contribution in [0.25, 0.3) is 12.2 Å². The molecular weight excluding hydrogens is 382 g/mol. The lowest BCUT2D eigenvalue weighted by molar-refractivity contribution is -0.870. The first-order chi connectivity index (χ1) is 14.5. The SMILES string of the molecule is COc1ccc(/C=C2/C[NH+](C)C/C(=C/c3ccc(OC)c(OC)c3)C2=O)cc1OC. The standard InChI is InChI=1S/C24H27NO5/c1-25-14-18(10-16-6-8-20(27-2)22(12-16)29-4)24(26)19(15-25)11-17-7-9-21(28-3)23(13-17)30-5/h6-13H,14-15H2,1-5H3/p+1/b18-10-,19-11-. The zero-order valence-corrected chi connectivity index (χ0v) is 18.1. The molecule has 1 aliphatic heterocycles. The number of piperidine rings is 1. The topological polar surface area (TPSA) is 58.4 Å². The van der Waals surface area contributed by atoms with Gasteiger partial charge in [-0.25, -0.2) is 0 Å². The fourth-order valence-corrected chi connectivity index (χ4v) is 3.60. The summed E-state index contributed by atoms with van der Waals surface area (Å²) in [6, 6.07) is 11.3. The van der Waals surface area contributed by atoms with Gasteiger partial charge in [0.2, 0.25) is 0 Å². The van der Waals surface area contributed by atoms with Gasteiger partial charge in [-0.3, -0.25) is 4.79 Å². The molecule has 0 unspecified atom stereocenters. The number of carbonyl (C=O) groups excluding carboxylic acids is 1. The fourth-order valence-electron chi connectivity index (χ4n) is 3.60. The third-order valence-corrected chi connectivity index (χ3v) is 5.06. The number of likely N-dealkylation sites (tertiary alicyclic amines) is 1. The molecule has 1 heterocycles. The van der Waals surface area contributed by atoms with Gasteiger partial charge in [-0.15, -0.1) is 0 Å². The minimum absolute atomic E-state index is 0.0603. The quantitative estimate of drug-likeness (QED) is 0.741. The number of carbonyl (C=O) groups is 1. The van der Waals surface area contributed by atoms with Crippen molar-refractivity contribution in [2.24, 2.45) is 0 Å². The maximum absolute atomic E-state index is 13.2. The minimum Gasteiger partial charge on any atom is -0.493 e. The van der Waals surface area contributed by atoms with Crippen LogP contribution in [0, 0.1) is 0 Å². The minimum atomic E-state index is 0.0603. The first kappa shape index (κ1) is 21.5. The Morgan fingerprint density at radius 3 is 1.47 bits per heavy atom. The lowest BCUT2D eigenvalue weighted by atomic mass is 9.94. The van der Waals surface area contributed by atoms with Gasteiger partial charge in [-0.2, -0.15) is 0 Å². The molecule has 0 radical (unpaired) electrons. The second kappa shape index (κ2) is 9.50. The molecule has 0 saturated carbocycles. The molecule has 1 fully saturated rings. The Morgan fingerprint density at radius 2 is 1.10 bits per heavy atom. The lowest BCUT2D eigenvalue weighted by Gasteiger charge is -2.23. The molecule has 2 aromatic carbocycles. The van der Waals surface area contributed by atoms with Crippen LogP contribution in [0.2, 0.25) is 0 Å². The number of ketones is 1. The molecule has 3 rings (SSSR count). The van der Waals surface area contributed by atoms with Crippen LogP contribution in [-0.4, -0.2) is 54.4 Å². The number of likely N-dealkylation sites (N-methyl/N-ethyl adjacent to an activating group) is 1. The Balaban J connectivity index is 1.93. The van der Waals surface area contributed by atoms with Gasteiger partial charge in [0.15, 0.2) is 28.8 Å². The van der Waals surface area contributed by atoms with E-state index in [2.05, 4.69) is 7.05 Å². The summed E-state index contributed by atoms with van der Waals surface area (Å²) in [6.07, 6.45) is 3.85. The zero-order chi connectivity index (χ0) is 21.7. The number of rotatable bonds is 6. The molecule has 0 spiro atoms. The zero-order valence-electron chi connectivity index (χ0n) is 18.1. The maximum Gasteiger partial charge on any atom is 0.196 e. The van der Waals surface area contributed by atoms with Crippen molar-refractivity contribution in [3.8, 4) is 23.0 Å². The van der Waals surface area contributed by atoms with Gasteiger partial charge in [0.05, 0.1) is 46.6 Å². The fraction of sp³-hybridized carbons (Fsp3) is 0.292. The summed E-state index contributed by atoms with van der Waals surface area (Å²) in [5, 5.41) is 0. The van der Waals surface area contributed by atoms with E-state index < -0.39 is 0 Å². The summed E-state index contributed by atoms with van der Waals surface area (Å²) in [6.45, 7) is 1.33. The Bertz CT molecular complexity index is 916. The smallest absolute Gasteiger partial charge is 0.196 e. The maximum atomic E-state index is 13.2. The van der Waals surface area contributed by atoms with E-state index in [1.54, 1.807) is 28.4 Å². The number of quaternary nitrogens is 1. The van der Waals surface area contributed by atoms with Crippen LogP contribution in [-0.2, 0) is 4.79 Å². The van der Waals surface area contributed by atoms with E-state index in [1.165, 1.54) is 4.90 Å². The summed E-state index contributed by atoms with van der Waals surface area (Å²) >= 11 is 0. The highest BCUT2D eigenvalue weighted by Crippen LogP contribution is 2.30. The van der Waals surface area contributed by atoms with Gasteiger partial charge in [0, 0.05) is 0 Å². The molecule has 6 nitrogen and oxygen atoms in total. The molecule has 0 amide bonds. The molecule has 0 atom stereocenters. The number of nitrogens with one attached hydrogen (secondary N) is 1. The Kier molecular flexibility index (Phi) is 6.79. The van der Waals surface area contributed by atoms with Crippen molar-refractivity contribution in [3.63, 3.8) is 0 Å². The van der Waals surface area contributed by atoms with E-state index >= 15 is 0 Å². The van der Waals surface area contributed by atoms with Crippen molar-refractivity contribution in [1.29, 1.82) is 0 Å². The monoisotopic (exact) mass is 410 g/mol. The van der Waals surface area contributed by atoms with Gasteiger partial charge in [0.25, 0.3) is 0 Å². The predicted octanol–water partition coefficient (Wildman–Crippen LogP) is 2.29. The molecule has 1 N–H and O–H groups in total. The molecule has 1 saturated heterocycles. The highest BCUT2D eigenvalue weighted by atomic mass is 16.5. The summed E-state index contributed by atoms with van der Waals surface area (Å²) in [7, 11) is 8.48. The van der Waals surface area contributed by atoms with Crippen molar-refractivity contribution in [2.45, 2.75) is 0 Å². The highest BCUT2D eigenvalue weighted by molar-refractivity contribution is 6.14. The van der Waals surface area contributed by atoms with E-state index in [-0.39, 0.29) is 5.78 Å². The molecule has 2 aromatic rings. The van der Waals surface area contributed by atoms with Crippen LogP contribution >= 0.6 is 0 Å². The van der Waals surface area contributed by atoms with Crippen LogP contribution in [0.1, 0.15) is 11.1 Å². The first-order valence-electron chi connectivity index (χ1n) is 9.70. The van der Waals surface area contributed by atoms with Gasteiger partial charge in [-0.05, 0) is 47.5 Å². The van der Waals surface area contributed by atoms with Crippen molar-refractivity contribution < 1.29 is 28.6 Å². The van der Waals surface area contributed by atoms with E-state index in [9.17, 15) is 4.79 Å². The van der Waals surface area contributed by atoms with Crippen molar-refractivity contribution >= 4 is 17.9 Å². The Morgan fingerprint density at radius 1 is 0.700 bits per heavy atom. The molecule has 30 heavy (non-hydrogen) atoms. The van der Waals surface area contributed by atoms with E-state index in [0.717, 1.165) is 22.3 Å². The largest absolute Gasteiger partial charge is 0.493 e. The van der Waals surface area contributed by atoms with Gasteiger partial charge < -0.3 is 23.8 Å². The number of methoxy groups -OCH3 is 4. The molecule has 1 aliphatic rings. The van der Waals surface area contributed by atoms with Gasteiger partial charge >= 0.3 is 0 Å². The predicted molar refractivity (Wildman–Crippen MR) is 117 cm³/mol. The third-order valence-electron chi connectivity index (χ3n) is 5.06. The van der Waals surface area contributed by atoms with Crippen LogP contribution in [0.5, 0.6) is 23.0 Å². The molecule has 0 bridgehead atoms. The summed E-state index contributed by atoms with van der Waals surface area (Å²) in [5.74, 6) is 2.65. The van der Waals surface area contributed by atoms with Crippen molar-refractivity contribution in [1.82, 2.24) is 0 Å². The summed E-state index contributed by atoms with van der Waals surface area (Å²) in [5.41, 5.74) is 3.32. The van der Waals surface area contributed by atoms with Gasteiger partial charge in [0.1, 0.15) is 13.1 Å². The highest BCUT2D eigenvalue weighted by Gasteiger charge is 2.27. The molecular formula is C24H28NO5+. The summed E-state index contributed by atoms with van der Waals surface area (Å²) in [4.78, 5) is 14.4. The molecule has 6 heteroatoms. The second-order valence-electron chi connectivity index (χ2n) is 7.21. The van der Waals surface area contributed by atoms with Crippen LogP contribution < -0.4 is 23.8 Å². The van der Waals surface area contributed by atoms with E-state index in [4.69, 9.17) is 18.9 Å². The first-order valence-corrected chi connectivity index (χ1v) is 9.70. The van der Waals surface area contributed by atoms with E-state index in [1.807, 2.05) is 48.6 Å². The number of hydrogen-bond donors (Lipinski definition) is 1. The summed E-state index contributed by atoms with van der Waals surface area (Å²) < 4.78 is 21.3. The molecule has 158 valence electrons. The van der Waals surface area contributed by atoms with E-state index in [0.29, 0.717) is 36.1 Å². The van der Waals surface area contributed by atoms with Crippen molar-refractivity contribution in [3.05, 3.63) is 58.7 Å². The van der Waals surface area contributed by atoms with Crippen LogP contribution in [0.15, 0.2) is 47.5 Å². The van der Waals surface area contributed by atoms with Gasteiger partial charge in [-0.1, -0.05) is 12.1 Å². The number of hydrogen-bond acceptors (Lipinski definition) is 5. The van der Waals surface area contributed by atoms with Crippen molar-refractivity contribution in [2.75, 3.05) is 48.6 Å². The Labute approximate surface area is 177 Å². The molecule has 0 aromatic heterocycles. The average Bonchev–Trinajstić information content (AvgIpc) is 2.76. The molecule has 0 aliphatic carbocycles. The normalized spacial score (nSPS) is 19.1.